The molecule has 206 valence electrons. The zero-order valence-corrected chi connectivity index (χ0v) is 22.2. The van der Waals surface area contributed by atoms with Gasteiger partial charge in [0.05, 0.1) is 12.6 Å². The van der Waals surface area contributed by atoms with Crippen LogP contribution in [0.1, 0.15) is 57.9 Å². The Morgan fingerprint density at radius 2 is 1.65 bits per heavy atom. The molecule has 5 amide bonds. The number of hydrogen-bond donors (Lipinski definition) is 5. The minimum atomic E-state index is -0.778. The fourth-order valence-corrected chi connectivity index (χ4v) is 3.68. The predicted octanol–water partition coefficient (Wildman–Crippen LogP) is 1.54. The molecule has 1 aromatic rings. The van der Waals surface area contributed by atoms with Crippen LogP contribution in [0.5, 0.6) is 0 Å². The van der Waals surface area contributed by atoms with E-state index in [1.807, 2.05) is 13.8 Å². The van der Waals surface area contributed by atoms with Crippen LogP contribution < -0.4 is 21.7 Å². The van der Waals surface area contributed by atoms with Gasteiger partial charge in [-0.15, -0.1) is 0 Å². The maximum absolute atomic E-state index is 13.2. The molecule has 0 radical (unpaired) electrons. The molecule has 0 aliphatic carbocycles. The summed E-state index contributed by atoms with van der Waals surface area (Å²) in [5.41, 5.74) is 6.32. The zero-order chi connectivity index (χ0) is 28.0. The topological polar surface area (TPSA) is 171 Å². The number of anilines is 1. The highest BCUT2D eigenvalue weighted by Gasteiger charge is 2.29. The lowest BCUT2D eigenvalue weighted by molar-refractivity contribution is -0.131. The molecule has 0 aliphatic rings. The first-order chi connectivity index (χ1) is 17.4. The molecule has 0 unspecified atom stereocenters. The summed E-state index contributed by atoms with van der Waals surface area (Å²) in [4.78, 5) is 62.9. The molecule has 11 nitrogen and oxygen atoms in total. The fraction of sp³-hybridized carbons (Fsp3) is 0.577. The first kappa shape index (κ1) is 31.6. The Hall–Kier alpha value is -3.47. The Morgan fingerprint density at radius 3 is 2.19 bits per heavy atom. The van der Waals surface area contributed by atoms with Gasteiger partial charge in [0.25, 0.3) is 0 Å². The Labute approximate surface area is 218 Å². The largest absolute Gasteiger partial charge is 0.392 e. The van der Waals surface area contributed by atoms with E-state index in [0.717, 1.165) is 0 Å². The number of nitrogens with two attached hydrogens (primary N) is 1. The van der Waals surface area contributed by atoms with Gasteiger partial charge in [0, 0.05) is 51.5 Å². The van der Waals surface area contributed by atoms with Crippen molar-refractivity contribution in [1.29, 1.82) is 0 Å². The number of amides is 5. The Balaban J connectivity index is 2.84. The highest BCUT2D eigenvalue weighted by Crippen LogP contribution is 2.19. The Morgan fingerprint density at radius 1 is 1.00 bits per heavy atom. The van der Waals surface area contributed by atoms with E-state index in [0.29, 0.717) is 30.5 Å². The van der Waals surface area contributed by atoms with E-state index >= 15 is 0 Å². The van der Waals surface area contributed by atoms with Crippen molar-refractivity contribution in [3.8, 4) is 0 Å². The zero-order valence-electron chi connectivity index (χ0n) is 22.2. The lowest BCUT2D eigenvalue weighted by Crippen LogP contribution is -2.45. The molecule has 0 fully saturated rings. The Kier molecular flexibility index (Phi) is 13.9. The van der Waals surface area contributed by atoms with Crippen LogP contribution in [-0.4, -0.2) is 66.2 Å². The molecule has 0 heterocycles. The van der Waals surface area contributed by atoms with Crippen LogP contribution in [0.15, 0.2) is 24.3 Å². The van der Waals surface area contributed by atoms with Crippen molar-refractivity contribution < 1.29 is 29.1 Å². The van der Waals surface area contributed by atoms with Gasteiger partial charge in [0.15, 0.2) is 5.78 Å². The monoisotopic (exact) mass is 519 g/mol. The molecule has 2 atom stereocenters. The lowest BCUT2D eigenvalue weighted by Gasteiger charge is -2.24. The SMILES string of the molecule is CC(C)[C@H](NC(=O)CCCC(=O)N(C)C)C(=O)C[C@@H](CCCNC(N)=O)C(=O)Nc1ccc(CO)cc1. The second kappa shape index (κ2) is 16.3. The van der Waals surface area contributed by atoms with E-state index in [2.05, 4.69) is 16.0 Å². The highest BCUT2D eigenvalue weighted by molar-refractivity contribution is 5.97. The number of rotatable bonds is 16. The number of carbonyl (C=O) groups is 5. The summed E-state index contributed by atoms with van der Waals surface area (Å²) in [6.07, 6.45) is 1.37. The maximum Gasteiger partial charge on any atom is 0.312 e. The standard InChI is InChI=1S/C26H41N5O6/c1-17(2)24(30-22(34)8-5-9-23(35)31(3)4)21(33)15-19(7-6-14-28-26(27)37)25(36)29-20-12-10-18(16-32)11-13-20/h10-13,17,19,24,32H,5-9,14-16H2,1-4H3,(H,29,36)(H,30,34)(H3,27,28,37)/t19-,24+/m1/s1. The van der Waals surface area contributed by atoms with Crippen molar-refractivity contribution in [3.63, 3.8) is 0 Å². The van der Waals surface area contributed by atoms with Gasteiger partial charge >= 0.3 is 6.03 Å². The first-order valence-corrected chi connectivity index (χ1v) is 12.5. The molecule has 0 bridgehead atoms. The van der Waals surface area contributed by atoms with Crippen molar-refractivity contribution in [2.24, 2.45) is 17.6 Å². The first-order valence-electron chi connectivity index (χ1n) is 12.5. The van der Waals surface area contributed by atoms with E-state index in [1.54, 1.807) is 38.4 Å². The average Bonchev–Trinajstić information content (AvgIpc) is 2.84. The molecule has 37 heavy (non-hydrogen) atoms. The normalized spacial score (nSPS) is 12.4. The van der Waals surface area contributed by atoms with Gasteiger partial charge in [-0.1, -0.05) is 26.0 Å². The average molecular weight is 520 g/mol. The third-order valence-corrected chi connectivity index (χ3v) is 5.87. The minimum Gasteiger partial charge on any atom is -0.392 e. The molecule has 0 saturated heterocycles. The van der Waals surface area contributed by atoms with E-state index in [1.165, 1.54) is 4.90 Å². The summed E-state index contributed by atoms with van der Waals surface area (Å²) in [5, 5.41) is 17.2. The minimum absolute atomic E-state index is 0.0741. The van der Waals surface area contributed by atoms with Crippen LogP contribution >= 0.6 is 0 Å². The number of primary amides is 1. The summed E-state index contributed by atoms with van der Waals surface area (Å²) in [6.45, 7) is 3.76. The van der Waals surface area contributed by atoms with Gasteiger partial charge in [0.1, 0.15) is 0 Å². The van der Waals surface area contributed by atoms with Gasteiger partial charge in [0.2, 0.25) is 17.7 Å². The number of nitrogens with zero attached hydrogens (tertiary/aromatic N) is 1. The molecule has 1 aromatic carbocycles. The molecule has 0 saturated carbocycles. The van der Waals surface area contributed by atoms with Crippen LogP contribution in [0.2, 0.25) is 0 Å². The van der Waals surface area contributed by atoms with Crippen LogP contribution in [0, 0.1) is 11.8 Å². The van der Waals surface area contributed by atoms with E-state index in [-0.39, 0.29) is 61.8 Å². The van der Waals surface area contributed by atoms with Crippen LogP contribution in [-0.2, 0) is 25.8 Å². The van der Waals surface area contributed by atoms with Crippen molar-refractivity contribution >= 4 is 35.2 Å². The van der Waals surface area contributed by atoms with Gasteiger partial charge in [-0.25, -0.2) is 4.79 Å². The summed E-state index contributed by atoms with van der Waals surface area (Å²) < 4.78 is 0. The van der Waals surface area contributed by atoms with E-state index in [4.69, 9.17) is 5.73 Å². The number of Topliss-reactive ketones (excluding diaryl/α,β-unsaturated/α-hetero) is 1. The number of nitrogens with one attached hydrogen (secondary N) is 3. The van der Waals surface area contributed by atoms with Crippen LogP contribution in [0.25, 0.3) is 0 Å². The van der Waals surface area contributed by atoms with Crippen molar-refractivity contribution in [2.45, 2.75) is 65.0 Å². The van der Waals surface area contributed by atoms with Gasteiger partial charge in [-0.3, -0.25) is 19.2 Å². The molecule has 0 aliphatic heterocycles. The van der Waals surface area contributed by atoms with E-state index in [9.17, 15) is 29.1 Å². The van der Waals surface area contributed by atoms with Crippen molar-refractivity contribution in [1.82, 2.24) is 15.5 Å². The smallest absolute Gasteiger partial charge is 0.312 e. The highest BCUT2D eigenvalue weighted by atomic mass is 16.3. The second-order valence-corrected chi connectivity index (χ2v) is 9.58. The number of carbonyl (C=O) groups excluding carboxylic acids is 5. The molecule has 0 aromatic heterocycles. The molecular formula is C26H41N5O6. The maximum atomic E-state index is 13.2. The summed E-state index contributed by atoms with van der Waals surface area (Å²) >= 11 is 0. The molecule has 0 spiro atoms. The van der Waals surface area contributed by atoms with Crippen molar-refractivity contribution in [2.75, 3.05) is 26.0 Å². The van der Waals surface area contributed by atoms with Gasteiger partial charge in [-0.05, 0) is 42.9 Å². The number of hydrogen-bond acceptors (Lipinski definition) is 6. The third kappa shape index (κ3) is 12.4. The van der Waals surface area contributed by atoms with Crippen molar-refractivity contribution in [3.05, 3.63) is 29.8 Å². The van der Waals surface area contributed by atoms with Crippen LogP contribution in [0.4, 0.5) is 10.5 Å². The number of benzene rings is 1. The summed E-state index contributed by atoms with van der Waals surface area (Å²) in [7, 11) is 3.30. The second-order valence-electron chi connectivity index (χ2n) is 9.58. The predicted molar refractivity (Wildman–Crippen MR) is 140 cm³/mol. The number of urea groups is 1. The number of aliphatic hydroxyl groups excluding tert-OH is 1. The summed E-state index contributed by atoms with van der Waals surface area (Å²) in [5.74, 6) is -1.93. The molecule has 11 heteroatoms. The number of ketones is 1. The third-order valence-electron chi connectivity index (χ3n) is 5.87. The van der Waals surface area contributed by atoms with Gasteiger partial charge < -0.3 is 31.7 Å². The molecule has 6 N–H and O–H groups in total. The number of aliphatic hydroxyl groups is 1. The Bertz CT molecular complexity index is 917. The lowest BCUT2D eigenvalue weighted by atomic mass is 9.89. The van der Waals surface area contributed by atoms with Gasteiger partial charge in [-0.2, -0.15) is 0 Å². The van der Waals surface area contributed by atoms with Crippen LogP contribution in [0.3, 0.4) is 0 Å². The quantitative estimate of drug-likeness (QED) is 0.207. The molecular weight excluding hydrogens is 478 g/mol. The van der Waals surface area contributed by atoms with E-state index < -0.39 is 18.0 Å². The summed E-state index contributed by atoms with van der Waals surface area (Å²) in [6, 6.07) is 5.24. The molecule has 1 rings (SSSR count). The fourth-order valence-electron chi connectivity index (χ4n) is 3.68.